The van der Waals surface area contributed by atoms with Crippen molar-refractivity contribution < 1.29 is 0 Å². The van der Waals surface area contributed by atoms with Crippen molar-refractivity contribution in [1.82, 2.24) is 0 Å². The Morgan fingerprint density at radius 1 is 1.33 bits per heavy atom. The van der Waals surface area contributed by atoms with E-state index in [0.29, 0.717) is 6.04 Å². The van der Waals surface area contributed by atoms with Crippen LogP contribution in [0.15, 0.2) is 29.2 Å². The summed E-state index contributed by atoms with van der Waals surface area (Å²) < 4.78 is 0. The minimum Gasteiger partial charge on any atom is -0.382 e. The van der Waals surface area contributed by atoms with Crippen LogP contribution >= 0.6 is 11.8 Å². The third-order valence-corrected chi connectivity index (χ3v) is 3.75. The van der Waals surface area contributed by atoms with Gasteiger partial charge < -0.3 is 5.32 Å². The summed E-state index contributed by atoms with van der Waals surface area (Å²) in [6.07, 6.45) is 5.46. The second kappa shape index (κ2) is 5.45. The summed E-state index contributed by atoms with van der Waals surface area (Å²) in [7, 11) is 0. The van der Waals surface area contributed by atoms with Crippen LogP contribution in [0.2, 0.25) is 0 Å². The van der Waals surface area contributed by atoms with E-state index in [4.69, 9.17) is 0 Å². The molecule has 1 fully saturated rings. The fourth-order valence-electron chi connectivity index (χ4n) is 2.15. The molecule has 1 saturated carbocycles. The molecule has 0 bridgehead atoms. The average molecular weight is 221 g/mol. The van der Waals surface area contributed by atoms with E-state index in [2.05, 4.69) is 36.5 Å². The molecule has 0 aliphatic heterocycles. The predicted octanol–water partition coefficient (Wildman–Crippen LogP) is 4.15. The molecular weight excluding hydrogens is 202 g/mol. The minimum atomic E-state index is 0.715. The number of hydrogen-bond acceptors (Lipinski definition) is 2. The maximum atomic E-state index is 3.63. The van der Waals surface area contributed by atoms with Crippen molar-refractivity contribution in [3.63, 3.8) is 0 Å². The van der Waals surface area contributed by atoms with Gasteiger partial charge in [0, 0.05) is 16.6 Å². The summed E-state index contributed by atoms with van der Waals surface area (Å²) in [5, 5.41) is 3.63. The Morgan fingerprint density at radius 2 is 2.13 bits per heavy atom. The van der Waals surface area contributed by atoms with Crippen LogP contribution in [0.1, 0.15) is 32.6 Å². The summed E-state index contributed by atoms with van der Waals surface area (Å²) in [5.41, 5.74) is 1.29. The molecule has 0 saturated heterocycles. The third-order valence-electron chi connectivity index (χ3n) is 2.87. The number of hydrogen-bond donors (Lipinski definition) is 1. The van der Waals surface area contributed by atoms with E-state index in [-0.39, 0.29) is 0 Å². The van der Waals surface area contributed by atoms with E-state index in [1.165, 1.54) is 36.3 Å². The van der Waals surface area contributed by atoms with Crippen molar-refractivity contribution >= 4 is 17.4 Å². The molecule has 1 aromatic carbocycles. The summed E-state index contributed by atoms with van der Waals surface area (Å²) in [6, 6.07) is 9.50. The molecule has 0 unspecified atom stereocenters. The smallest absolute Gasteiger partial charge is 0.0353 e. The molecule has 82 valence electrons. The number of nitrogens with one attached hydrogen (secondary N) is 1. The van der Waals surface area contributed by atoms with E-state index in [0.717, 1.165) is 5.75 Å². The standard InChI is InChI=1S/C13H19NS/c1-2-15-13-9-5-8-12(10-13)14-11-6-3-4-7-11/h5,8-11,14H,2-4,6-7H2,1H3. The van der Waals surface area contributed by atoms with Crippen LogP contribution < -0.4 is 5.32 Å². The van der Waals surface area contributed by atoms with Crippen molar-refractivity contribution in [1.29, 1.82) is 0 Å². The summed E-state index contributed by atoms with van der Waals surface area (Å²) in [5.74, 6) is 1.15. The highest BCUT2D eigenvalue weighted by molar-refractivity contribution is 7.99. The lowest BCUT2D eigenvalue weighted by Crippen LogP contribution is -2.14. The van der Waals surface area contributed by atoms with Gasteiger partial charge in [0.25, 0.3) is 0 Å². The van der Waals surface area contributed by atoms with Crippen LogP contribution in [0.4, 0.5) is 5.69 Å². The highest BCUT2D eigenvalue weighted by atomic mass is 32.2. The maximum absolute atomic E-state index is 3.63. The van der Waals surface area contributed by atoms with E-state index in [1.807, 2.05) is 11.8 Å². The first-order valence-electron chi connectivity index (χ1n) is 5.88. The van der Waals surface area contributed by atoms with E-state index in [9.17, 15) is 0 Å². The zero-order valence-corrected chi connectivity index (χ0v) is 10.1. The first-order chi connectivity index (χ1) is 7.38. The average Bonchev–Trinajstić information content (AvgIpc) is 2.71. The second-order valence-corrected chi connectivity index (χ2v) is 5.42. The summed E-state index contributed by atoms with van der Waals surface area (Å²) in [4.78, 5) is 1.38. The highest BCUT2D eigenvalue weighted by Crippen LogP contribution is 2.25. The Kier molecular flexibility index (Phi) is 3.95. The SMILES string of the molecule is CCSc1cccc(NC2CCCC2)c1. The monoisotopic (exact) mass is 221 g/mol. The molecule has 0 amide bonds. The molecular formula is C13H19NS. The molecule has 0 heterocycles. The predicted molar refractivity (Wildman–Crippen MR) is 68.7 cm³/mol. The Morgan fingerprint density at radius 3 is 2.87 bits per heavy atom. The van der Waals surface area contributed by atoms with E-state index in [1.54, 1.807) is 0 Å². The van der Waals surface area contributed by atoms with Crippen LogP contribution in [0.5, 0.6) is 0 Å². The van der Waals surface area contributed by atoms with Crippen molar-refractivity contribution in [2.75, 3.05) is 11.1 Å². The highest BCUT2D eigenvalue weighted by Gasteiger charge is 2.14. The second-order valence-electron chi connectivity index (χ2n) is 4.09. The van der Waals surface area contributed by atoms with Gasteiger partial charge in [-0.3, -0.25) is 0 Å². The molecule has 0 radical (unpaired) electrons. The van der Waals surface area contributed by atoms with Crippen LogP contribution in [0.3, 0.4) is 0 Å². The molecule has 0 spiro atoms. The maximum Gasteiger partial charge on any atom is 0.0353 e. The zero-order valence-electron chi connectivity index (χ0n) is 9.33. The Balaban J connectivity index is 1.97. The summed E-state index contributed by atoms with van der Waals surface area (Å²) >= 11 is 1.91. The molecule has 1 nitrogen and oxygen atoms in total. The van der Waals surface area contributed by atoms with Gasteiger partial charge in [-0.25, -0.2) is 0 Å². The van der Waals surface area contributed by atoms with Gasteiger partial charge in [-0.15, -0.1) is 11.8 Å². The molecule has 1 aliphatic rings. The Labute approximate surface area is 96.7 Å². The van der Waals surface area contributed by atoms with Gasteiger partial charge in [0.05, 0.1) is 0 Å². The normalized spacial score (nSPS) is 16.9. The fourth-order valence-corrected chi connectivity index (χ4v) is 2.87. The first kappa shape index (κ1) is 10.9. The fraction of sp³-hybridized carbons (Fsp3) is 0.538. The van der Waals surface area contributed by atoms with Crippen LogP contribution in [0.25, 0.3) is 0 Å². The Hall–Kier alpha value is -0.630. The third kappa shape index (κ3) is 3.16. The molecule has 15 heavy (non-hydrogen) atoms. The topological polar surface area (TPSA) is 12.0 Å². The van der Waals surface area contributed by atoms with Gasteiger partial charge in [0.15, 0.2) is 0 Å². The molecule has 2 heteroatoms. The van der Waals surface area contributed by atoms with Gasteiger partial charge in [-0.2, -0.15) is 0 Å². The van der Waals surface area contributed by atoms with Gasteiger partial charge >= 0.3 is 0 Å². The van der Waals surface area contributed by atoms with Gasteiger partial charge in [-0.1, -0.05) is 25.8 Å². The summed E-state index contributed by atoms with van der Waals surface area (Å²) in [6.45, 7) is 2.20. The first-order valence-corrected chi connectivity index (χ1v) is 6.86. The van der Waals surface area contributed by atoms with Gasteiger partial charge in [0.1, 0.15) is 0 Å². The van der Waals surface area contributed by atoms with Crippen LogP contribution in [-0.2, 0) is 0 Å². The Bertz CT molecular complexity index is 305. The molecule has 2 rings (SSSR count). The van der Waals surface area contributed by atoms with Crippen LogP contribution in [-0.4, -0.2) is 11.8 Å². The lowest BCUT2D eigenvalue weighted by atomic mass is 10.2. The molecule has 0 aromatic heterocycles. The molecule has 1 aliphatic carbocycles. The van der Waals surface area contributed by atoms with Crippen molar-refractivity contribution in [3.8, 4) is 0 Å². The molecule has 1 aromatic rings. The van der Waals surface area contributed by atoms with Crippen molar-refractivity contribution in [2.45, 2.75) is 43.5 Å². The minimum absolute atomic E-state index is 0.715. The van der Waals surface area contributed by atoms with Crippen LogP contribution in [0, 0.1) is 0 Å². The van der Waals surface area contributed by atoms with Gasteiger partial charge in [-0.05, 0) is 36.8 Å². The van der Waals surface area contributed by atoms with E-state index >= 15 is 0 Å². The molecule has 1 N–H and O–H groups in total. The molecule has 0 atom stereocenters. The largest absolute Gasteiger partial charge is 0.382 e. The van der Waals surface area contributed by atoms with Gasteiger partial charge in [0.2, 0.25) is 0 Å². The van der Waals surface area contributed by atoms with Crippen molar-refractivity contribution in [2.24, 2.45) is 0 Å². The lowest BCUT2D eigenvalue weighted by molar-refractivity contribution is 0.755. The quantitative estimate of drug-likeness (QED) is 0.766. The number of thioether (sulfide) groups is 1. The number of benzene rings is 1. The zero-order chi connectivity index (χ0) is 10.5. The van der Waals surface area contributed by atoms with Crippen molar-refractivity contribution in [3.05, 3.63) is 24.3 Å². The number of anilines is 1. The lowest BCUT2D eigenvalue weighted by Gasteiger charge is -2.14. The van der Waals surface area contributed by atoms with E-state index < -0.39 is 0 Å². The number of rotatable bonds is 4.